The second-order valence-electron chi connectivity index (χ2n) is 6.92. The molecule has 25 heavy (non-hydrogen) atoms. The van der Waals surface area contributed by atoms with E-state index in [1.807, 2.05) is 29.9 Å². The van der Waals surface area contributed by atoms with Crippen LogP contribution in [0.1, 0.15) is 30.3 Å². The van der Waals surface area contributed by atoms with E-state index in [0.29, 0.717) is 13.2 Å². The molecule has 2 atom stereocenters. The van der Waals surface area contributed by atoms with Crippen molar-refractivity contribution >= 4 is 0 Å². The number of piperidine rings is 1. The molecule has 0 amide bonds. The van der Waals surface area contributed by atoms with Crippen molar-refractivity contribution in [1.29, 1.82) is 0 Å². The van der Waals surface area contributed by atoms with Crippen molar-refractivity contribution in [1.82, 2.24) is 14.5 Å². The molecule has 1 aromatic heterocycles. The van der Waals surface area contributed by atoms with Crippen molar-refractivity contribution in [2.75, 3.05) is 26.3 Å². The van der Waals surface area contributed by atoms with Crippen LogP contribution in [0.2, 0.25) is 0 Å². The van der Waals surface area contributed by atoms with Crippen LogP contribution in [0.15, 0.2) is 30.6 Å². The molecular weight excluding hydrogens is 318 g/mol. The smallest absolute Gasteiger partial charge is 0.165 e. The fourth-order valence-electron chi connectivity index (χ4n) is 3.87. The Morgan fingerprint density at radius 1 is 1.32 bits per heavy atom. The molecule has 2 aromatic rings. The van der Waals surface area contributed by atoms with Gasteiger partial charge in [-0.15, -0.1) is 0 Å². The molecule has 1 aromatic carbocycles. The fraction of sp³-hybridized carbons (Fsp3) is 0.526. The van der Waals surface area contributed by atoms with Crippen LogP contribution < -0.4 is 9.47 Å². The first-order valence-corrected chi connectivity index (χ1v) is 8.97. The van der Waals surface area contributed by atoms with E-state index in [1.54, 1.807) is 6.20 Å². The summed E-state index contributed by atoms with van der Waals surface area (Å²) in [6.45, 7) is 3.92. The summed E-state index contributed by atoms with van der Waals surface area (Å²) in [4.78, 5) is 6.71. The number of benzene rings is 1. The Kier molecular flexibility index (Phi) is 4.63. The molecule has 0 aliphatic carbocycles. The van der Waals surface area contributed by atoms with Gasteiger partial charge in [-0.05, 0) is 25.5 Å². The minimum absolute atomic E-state index is 0.201. The van der Waals surface area contributed by atoms with Gasteiger partial charge in [0.05, 0.1) is 0 Å². The zero-order valence-electron chi connectivity index (χ0n) is 14.6. The van der Waals surface area contributed by atoms with Gasteiger partial charge in [0.2, 0.25) is 0 Å². The van der Waals surface area contributed by atoms with Crippen LogP contribution in [0.4, 0.5) is 0 Å². The highest BCUT2D eigenvalue weighted by molar-refractivity contribution is 5.47. The topological polar surface area (TPSA) is 59.8 Å². The maximum Gasteiger partial charge on any atom is 0.165 e. The lowest BCUT2D eigenvalue weighted by atomic mass is 9.91. The first kappa shape index (κ1) is 16.4. The lowest BCUT2D eigenvalue weighted by molar-refractivity contribution is 0.0399. The number of likely N-dealkylation sites (tertiary alicyclic amines) is 1. The summed E-state index contributed by atoms with van der Waals surface area (Å²) in [5, 5.41) is 10.7. The minimum atomic E-state index is -0.521. The maximum atomic E-state index is 10.7. The molecule has 0 bridgehead atoms. The third-order valence-electron chi connectivity index (χ3n) is 5.15. The second kappa shape index (κ2) is 7.06. The summed E-state index contributed by atoms with van der Waals surface area (Å²) >= 11 is 0. The molecule has 1 N–H and O–H groups in total. The Labute approximate surface area is 148 Å². The molecule has 2 unspecified atom stereocenters. The van der Waals surface area contributed by atoms with Crippen molar-refractivity contribution in [3.05, 3.63) is 42.0 Å². The van der Waals surface area contributed by atoms with Crippen molar-refractivity contribution < 1.29 is 14.6 Å². The van der Waals surface area contributed by atoms with Crippen molar-refractivity contribution in [2.45, 2.75) is 25.5 Å². The Bertz CT molecular complexity index is 730. The van der Waals surface area contributed by atoms with Crippen LogP contribution in [-0.4, -0.2) is 45.9 Å². The van der Waals surface area contributed by atoms with Gasteiger partial charge in [-0.3, -0.25) is 4.90 Å². The van der Waals surface area contributed by atoms with Gasteiger partial charge in [-0.25, -0.2) is 4.98 Å². The number of ether oxygens (including phenoxy) is 2. The van der Waals surface area contributed by atoms with Crippen LogP contribution in [0.5, 0.6) is 11.5 Å². The molecule has 134 valence electrons. The summed E-state index contributed by atoms with van der Waals surface area (Å²) in [5.41, 5.74) is 1.16. The Morgan fingerprint density at radius 2 is 2.20 bits per heavy atom. The van der Waals surface area contributed by atoms with Gasteiger partial charge in [0.1, 0.15) is 25.1 Å². The average molecular weight is 343 g/mol. The number of aryl methyl sites for hydroxylation is 1. The molecule has 6 nitrogen and oxygen atoms in total. The third-order valence-corrected chi connectivity index (χ3v) is 5.15. The SMILES string of the molecule is Cn1ccnc1C(O)C1CCCN(Cc2cccc3c2OCCO3)C1. The number of aromatic nitrogens is 2. The molecular formula is C19H25N3O3. The van der Waals surface area contributed by atoms with E-state index in [4.69, 9.17) is 9.47 Å². The van der Waals surface area contributed by atoms with E-state index in [-0.39, 0.29) is 5.92 Å². The highest BCUT2D eigenvalue weighted by atomic mass is 16.6. The summed E-state index contributed by atoms with van der Waals surface area (Å²) in [6, 6.07) is 6.08. The number of hydrogen-bond acceptors (Lipinski definition) is 5. The van der Waals surface area contributed by atoms with Gasteiger partial charge in [-0.2, -0.15) is 0 Å². The third kappa shape index (κ3) is 3.37. The Balaban J connectivity index is 1.46. The highest BCUT2D eigenvalue weighted by Crippen LogP contribution is 2.36. The lowest BCUT2D eigenvalue weighted by Gasteiger charge is -2.35. The maximum absolute atomic E-state index is 10.7. The number of imidazole rings is 1. The van der Waals surface area contributed by atoms with Gasteiger partial charge in [0, 0.05) is 44.0 Å². The number of aliphatic hydroxyl groups is 1. The number of fused-ring (bicyclic) bond motifs is 1. The molecule has 3 heterocycles. The Morgan fingerprint density at radius 3 is 3.04 bits per heavy atom. The van der Waals surface area contributed by atoms with Crippen LogP contribution in [-0.2, 0) is 13.6 Å². The minimum Gasteiger partial charge on any atom is -0.486 e. The van der Waals surface area contributed by atoms with Crippen molar-refractivity contribution in [2.24, 2.45) is 13.0 Å². The summed E-state index contributed by atoms with van der Waals surface area (Å²) in [6.07, 6.45) is 5.21. The summed E-state index contributed by atoms with van der Waals surface area (Å²) in [7, 11) is 1.93. The predicted octanol–water partition coefficient (Wildman–Crippen LogP) is 2.14. The molecule has 1 fully saturated rings. The molecule has 6 heteroatoms. The number of rotatable bonds is 4. The standard InChI is InChI=1S/C19H25N3O3/c1-21-9-7-20-19(21)17(23)14-5-3-8-22(12-14)13-15-4-2-6-16-18(15)25-11-10-24-16/h2,4,6-7,9,14,17,23H,3,5,8,10-13H2,1H3. The molecule has 4 rings (SSSR count). The van der Waals surface area contributed by atoms with E-state index >= 15 is 0 Å². The predicted molar refractivity (Wildman–Crippen MR) is 93.6 cm³/mol. The van der Waals surface area contributed by atoms with Gasteiger partial charge in [0.15, 0.2) is 11.5 Å². The molecule has 1 saturated heterocycles. The zero-order chi connectivity index (χ0) is 17.2. The summed E-state index contributed by atoms with van der Waals surface area (Å²) < 4.78 is 13.4. The lowest BCUT2D eigenvalue weighted by Crippen LogP contribution is -2.38. The molecule has 2 aliphatic rings. The normalized spacial score (nSPS) is 21.9. The quantitative estimate of drug-likeness (QED) is 0.922. The van der Waals surface area contributed by atoms with Gasteiger partial charge in [-0.1, -0.05) is 12.1 Å². The molecule has 0 saturated carbocycles. The zero-order valence-corrected chi connectivity index (χ0v) is 14.6. The fourth-order valence-corrected chi connectivity index (χ4v) is 3.87. The second-order valence-corrected chi connectivity index (χ2v) is 6.92. The van der Waals surface area contributed by atoms with E-state index in [2.05, 4.69) is 16.0 Å². The van der Waals surface area contributed by atoms with Crippen molar-refractivity contribution in [3.63, 3.8) is 0 Å². The van der Waals surface area contributed by atoms with E-state index < -0.39 is 6.10 Å². The molecule has 0 spiro atoms. The van der Waals surface area contributed by atoms with E-state index in [9.17, 15) is 5.11 Å². The largest absolute Gasteiger partial charge is 0.486 e. The average Bonchev–Trinajstić information content (AvgIpc) is 3.08. The monoisotopic (exact) mass is 343 g/mol. The molecule has 0 radical (unpaired) electrons. The van der Waals surface area contributed by atoms with Gasteiger partial charge >= 0.3 is 0 Å². The van der Waals surface area contributed by atoms with E-state index in [0.717, 1.165) is 55.4 Å². The van der Waals surface area contributed by atoms with Crippen LogP contribution in [0, 0.1) is 5.92 Å². The van der Waals surface area contributed by atoms with Gasteiger partial charge < -0.3 is 19.1 Å². The van der Waals surface area contributed by atoms with Gasteiger partial charge in [0.25, 0.3) is 0 Å². The van der Waals surface area contributed by atoms with Crippen LogP contribution >= 0.6 is 0 Å². The number of aliphatic hydroxyl groups excluding tert-OH is 1. The number of para-hydroxylation sites is 1. The summed E-state index contributed by atoms with van der Waals surface area (Å²) in [5.74, 6) is 2.66. The van der Waals surface area contributed by atoms with Crippen LogP contribution in [0.3, 0.4) is 0 Å². The molecule has 2 aliphatic heterocycles. The number of hydrogen-bond donors (Lipinski definition) is 1. The highest BCUT2D eigenvalue weighted by Gasteiger charge is 2.29. The first-order valence-electron chi connectivity index (χ1n) is 8.97. The first-order chi connectivity index (χ1) is 12.2. The number of nitrogens with zero attached hydrogens (tertiary/aromatic N) is 3. The Hall–Kier alpha value is -2.05. The van der Waals surface area contributed by atoms with Crippen LogP contribution in [0.25, 0.3) is 0 Å². The van der Waals surface area contributed by atoms with E-state index in [1.165, 1.54) is 0 Å². The van der Waals surface area contributed by atoms with Crippen molar-refractivity contribution in [3.8, 4) is 11.5 Å².